The topological polar surface area (TPSA) is 66.8 Å². The van der Waals surface area contributed by atoms with E-state index in [1.165, 1.54) is 4.90 Å². The molecule has 3 aromatic carbocycles. The van der Waals surface area contributed by atoms with Crippen molar-refractivity contribution in [3.8, 4) is 5.75 Å². The molecule has 210 valence electrons. The molecule has 0 aromatic heterocycles. The van der Waals surface area contributed by atoms with Crippen molar-refractivity contribution >= 4 is 34.7 Å². The first-order valence-electron chi connectivity index (χ1n) is 13.6. The van der Waals surface area contributed by atoms with Crippen molar-refractivity contribution in [2.45, 2.75) is 72.3 Å². The number of aliphatic hydroxyl groups is 1. The summed E-state index contributed by atoms with van der Waals surface area (Å²) in [5, 5.41) is 12.3. The predicted octanol–water partition coefficient (Wildman–Crippen LogP) is 8.27. The minimum Gasteiger partial charge on any atom is -0.507 e. The Bertz CT molecular complexity index is 1490. The van der Waals surface area contributed by atoms with Crippen LogP contribution in [0.1, 0.15) is 82.3 Å². The Morgan fingerprint density at radius 2 is 1.57 bits per heavy atom. The molecule has 1 atom stereocenters. The molecule has 1 unspecified atom stereocenters. The lowest BCUT2D eigenvalue weighted by atomic mass is 9.84. The zero-order chi connectivity index (χ0) is 29.6. The fraction of sp³-hybridized carbons (Fsp3) is 0.353. The number of carbonyl (C=O) groups is 2. The molecule has 5 nitrogen and oxygen atoms in total. The van der Waals surface area contributed by atoms with Crippen molar-refractivity contribution in [3.63, 3.8) is 0 Å². The second-order valence-corrected chi connectivity index (χ2v) is 12.8. The fourth-order valence-corrected chi connectivity index (χ4v) is 5.38. The van der Waals surface area contributed by atoms with Gasteiger partial charge in [0.15, 0.2) is 0 Å². The quantitative estimate of drug-likeness (QED) is 0.194. The standard InChI is InChI=1S/C34H38ClNO4/c1-9-40-27-17-12-22(19-25(27)34(6,7)8)30(37)28-29(21-10-13-23(14-11-21)33(3,4)5)36(32(39)31(28)38)26-16-15-24(35)18-20(26)2/h10-19,29,37H,9H2,1-8H3/b30-28-. The molecule has 0 bridgehead atoms. The van der Waals surface area contributed by atoms with Gasteiger partial charge in [-0.3, -0.25) is 14.5 Å². The molecule has 6 heteroatoms. The van der Waals surface area contributed by atoms with E-state index in [2.05, 4.69) is 41.5 Å². The van der Waals surface area contributed by atoms with E-state index < -0.39 is 17.7 Å². The van der Waals surface area contributed by atoms with E-state index in [1.54, 1.807) is 24.3 Å². The number of nitrogens with zero attached hydrogens (tertiary/aromatic N) is 1. The highest BCUT2D eigenvalue weighted by Crippen LogP contribution is 2.44. The number of rotatable bonds is 5. The van der Waals surface area contributed by atoms with Crippen LogP contribution in [0.4, 0.5) is 5.69 Å². The SMILES string of the molecule is CCOc1ccc(/C(O)=C2/C(=O)C(=O)N(c3ccc(Cl)cc3C)C2c2ccc(C(C)(C)C)cc2)cc1C(C)(C)C. The van der Waals surface area contributed by atoms with Crippen LogP contribution in [0.2, 0.25) is 5.02 Å². The first kappa shape index (κ1) is 29.4. The van der Waals surface area contributed by atoms with Crippen molar-refractivity contribution in [2.75, 3.05) is 11.5 Å². The number of hydrogen-bond acceptors (Lipinski definition) is 4. The molecular formula is C34H38ClNO4. The molecular weight excluding hydrogens is 522 g/mol. The van der Waals surface area contributed by atoms with Crippen molar-refractivity contribution in [1.82, 2.24) is 0 Å². The number of amides is 1. The molecule has 0 spiro atoms. The van der Waals surface area contributed by atoms with E-state index in [0.717, 1.165) is 28.0 Å². The summed E-state index contributed by atoms with van der Waals surface area (Å²) in [4.78, 5) is 28.8. The Labute approximate surface area is 242 Å². The van der Waals surface area contributed by atoms with Crippen LogP contribution < -0.4 is 9.64 Å². The largest absolute Gasteiger partial charge is 0.507 e. The molecule has 40 heavy (non-hydrogen) atoms. The Morgan fingerprint density at radius 1 is 0.925 bits per heavy atom. The van der Waals surface area contributed by atoms with Gasteiger partial charge in [-0.05, 0) is 77.8 Å². The Hall–Kier alpha value is -3.57. The first-order valence-corrected chi connectivity index (χ1v) is 14.0. The number of aryl methyl sites for hydroxylation is 1. The highest BCUT2D eigenvalue weighted by atomic mass is 35.5. The number of ketones is 1. The van der Waals surface area contributed by atoms with E-state index >= 15 is 0 Å². The zero-order valence-electron chi connectivity index (χ0n) is 24.6. The van der Waals surface area contributed by atoms with Crippen molar-refractivity contribution in [3.05, 3.63) is 99.1 Å². The lowest BCUT2D eigenvalue weighted by molar-refractivity contribution is -0.132. The second-order valence-electron chi connectivity index (χ2n) is 12.4. The van der Waals surface area contributed by atoms with Gasteiger partial charge in [0, 0.05) is 21.8 Å². The third-order valence-corrected chi connectivity index (χ3v) is 7.55. The van der Waals surface area contributed by atoms with Crippen LogP contribution in [-0.2, 0) is 20.4 Å². The predicted molar refractivity (Wildman–Crippen MR) is 162 cm³/mol. The summed E-state index contributed by atoms with van der Waals surface area (Å²) in [6.07, 6.45) is 0. The van der Waals surface area contributed by atoms with Gasteiger partial charge in [-0.25, -0.2) is 0 Å². The maximum Gasteiger partial charge on any atom is 0.300 e. The maximum absolute atomic E-state index is 13.7. The van der Waals surface area contributed by atoms with Crippen LogP contribution in [-0.4, -0.2) is 23.4 Å². The summed E-state index contributed by atoms with van der Waals surface area (Å²) >= 11 is 6.22. The van der Waals surface area contributed by atoms with Crippen LogP contribution in [0, 0.1) is 6.92 Å². The van der Waals surface area contributed by atoms with Gasteiger partial charge in [-0.15, -0.1) is 0 Å². The van der Waals surface area contributed by atoms with Gasteiger partial charge >= 0.3 is 0 Å². The molecule has 3 aromatic rings. The van der Waals surface area contributed by atoms with Crippen LogP contribution in [0.25, 0.3) is 5.76 Å². The fourth-order valence-electron chi connectivity index (χ4n) is 5.15. The number of carbonyl (C=O) groups excluding carboxylic acids is 2. The Kier molecular flexibility index (Phi) is 7.92. The Balaban J connectivity index is 1.97. The number of Topliss-reactive ketones (excluding diaryl/α,β-unsaturated/α-hetero) is 1. The van der Waals surface area contributed by atoms with Gasteiger partial charge in [0.25, 0.3) is 11.7 Å². The number of ether oxygens (including phenoxy) is 1. The molecule has 1 amide bonds. The third-order valence-electron chi connectivity index (χ3n) is 7.32. The number of hydrogen-bond donors (Lipinski definition) is 1. The first-order chi connectivity index (χ1) is 18.6. The summed E-state index contributed by atoms with van der Waals surface area (Å²) in [5.74, 6) is -0.925. The summed E-state index contributed by atoms with van der Waals surface area (Å²) in [6, 6.07) is 17.7. The van der Waals surface area contributed by atoms with Crippen molar-refractivity contribution in [2.24, 2.45) is 0 Å². The van der Waals surface area contributed by atoms with E-state index in [1.807, 2.05) is 50.2 Å². The van der Waals surface area contributed by atoms with Crippen LogP contribution in [0.3, 0.4) is 0 Å². The third kappa shape index (κ3) is 5.53. The summed E-state index contributed by atoms with van der Waals surface area (Å²) < 4.78 is 5.85. The van der Waals surface area contributed by atoms with Crippen LogP contribution in [0.5, 0.6) is 5.75 Å². The molecule has 1 fully saturated rings. The average molecular weight is 560 g/mol. The van der Waals surface area contributed by atoms with E-state index in [4.69, 9.17) is 16.3 Å². The number of aliphatic hydroxyl groups excluding tert-OH is 1. The van der Waals surface area contributed by atoms with Crippen molar-refractivity contribution in [1.29, 1.82) is 0 Å². The molecule has 0 saturated carbocycles. The molecule has 1 saturated heterocycles. The summed E-state index contributed by atoms with van der Waals surface area (Å²) in [7, 11) is 0. The number of halogens is 1. The monoisotopic (exact) mass is 559 g/mol. The van der Waals surface area contributed by atoms with E-state index in [0.29, 0.717) is 22.9 Å². The van der Waals surface area contributed by atoms with Gasteiger partial charge in [-0.2, -0.15) is 0 Å². The molecule has 1 N–H and O–H groups in total. The Morgan fingerprint density at radius 3 is 2.12 bits per heavy atom. The molecule has 1 heterocycles. The molecule has 4 rings (SSSR count). The van der Waals surface area contributed by atoms with Crippen LogP contribution >= 0.6 is 11.6 Å². The van der Waals surface area contributed by atoms with Gasteiger partial charge in [-0.1, -0.05) is 77.4 Å². The zero-order valence-corrected chi connectivity index (χ0v) is 25.3. The van der Waals surface area contributed by atoms with Gasteiger partial charge < -0.3 is 9.84 Å². The highest BCUT2D eigenvalue weighted by molar-refractivity contribution is 6.51. The van der Waals surface area contributed by atoms with Crippen LogP contribution in [0.15, 0.2) is 66.2 Å². The number of anilines is 1. The molecule has 0 radical (unpaired) electrons. The van der Waals surface area contributed by atoms with Gasteiger partial charge in [0.05, 0.1) is 18.2 Å². The minimum atomic E-state index is -0.821. The summed E-state index contributed by atoms with van der Waals surface area (Å²) in [5.41, 5.74) is 4.21. The normalized spacial score (nSPS) is 17.4. The smallest absolute Gasteiger partial charge is 0.300 e. The summed E-state index contributed by atoms with van der Waals surface area (Å²) in [6.45, 7) is 16.9. The van der Waals surface area contributed by atoms with E-state index in [9.17, 15) is 14.7 Å². The van der Waals surface area contributed by atoms with Gasteiger partial charge in [0.1, 0.15) is 11.5 Å². The lowest BCUT2D eigenvalue weighted by Gasteiger charge is -2.28. The number of benzene rings is 3. The van der Waals surface area contributed by atoms with Crippen molar-refractivity contribution < 1.29 is 19.4 Å². The minimum absolute atomic E-state index is 0.0480. The molecule has 1 aliphatic rings. The molecule has 1 aliphatic heterocycles. The van der Waals surface area contributed by atoms with E-state index in [-0.39, 0.29) is 22.2 Å². The lowest BCUT2D eigenvalue weighted by Crippen LogP contribution is -2.30. The maximum atomic E-state index is 13.7. The average Bonchev–Trinajstić information content (AvgIpc) is 3.13. The molecule has 0 aliphatic carbocycles. The second kappa shape index (κ2) is 10.8. The highest BCUT2D eigenvalue weighted by Gasteiger charge is 2.47. The van der Waals surface area contributed by atoms with Gasteiger partial charge in [0.2, 0.25) is 0 Å².